The summed E-state index contributed by atoms with van der Waals surface area (Å²) in [6.45, 7) is 0. The second-order valence-corrected chi connectivity index (χ2v) is 3.57. The van der Waals surface area contributed by atoms with Crippen LogP contribution in [0.5, 0.6) is 0 Å². The first kappa shape index (κ1) is 8.89. The summed E-state index contributed by atoms with van der Waals surface area (Å²) >= 11 is 0. The van der Waals surface area contributed by atoms with Crippen molar-refractivity contribution in [1.29, 1.82) is 5.26 Å². The fraction of sp³-hybridized carbons (Fsp3) is 0.364. The number of nitrogens with zero attached hydrogens (tertiary/aromatic N) is 2. The molecule has 0 saturated heterocycles. The zero-order chi connectivity index (χ0) is 9.97. The van der Waals surface area contributed by atoms with Gasteiger partial charge in [-0.3, -0.25) is 4.79 Å². The van der Waals surface area contributed by atoms with Crippen LogP contribution < -0.4 is 0 Å². The predicted molar refractivity (Wildman–Crippen MR) is 50.6 cm³/mol. The Balaban J connectivity index is 2.18. The molecule has 1 saturated carbocycles. The highest BCUT2D eigenvalue weighted by molar-refractivity contribution is 5.81. The minimum atomic E-state index is 0.322. The highest BCUT2D eigenvalue weighted by Gasteiger charge is 2.23. The molecule has 14 heavy (non-hydrogen) atoms. The number of rotatable bonds is 1. The van der Waals surface area contributed by atoms with Gasteiger partial charge in [-0.1, -0.05) is 6.07 Å². The van der Waals surface area contributed by atoms with Gasteiger partial charge in [-0.05, 0) is 24.0 Å². The summed E-state index contributed by atoms with van der Waals surface area (Å²) in [5.74, 6) is 0.655. The van der Waals surface area contributed by atoms with Gasteiger partial charge in [-0.2, -0.15) is 5.26 Å². The number of hydrogen-bond acceptors (Lipinski definition) is 3. The Labute approximate surface area is 82.4 Å². The van der Waals surface area contributed by atoms with Crippen LogP contribution in [0.2, 0.25) is 0 Å². The van der Waals surface area contributed by atoms with Gasteiger partial charge < -0.3 is 0 Å². The lowest BCUT2D eigenvalue weighted by Gasteiger charge is -2.06. The third kappa shape index (κ3) is 1.64. The van der Waals surface area contributed by atoms with Crippen molar-refractivity contribution in [3.05, 3.63) is 29.6 Å². The van der Waals surface area contributed by atoms with Gasteiger partial charge in [0.15, 0.2) is 0 Å². The molecule has 0 N–H and O–H groups in total. The summed E-state index contributed by atoms with van der Waals surface area (Å²) in [6.07, 6.45) is 3.95. The number of carbonyl (C=O) groups excluding carboxylic acids is 1. The molecule has 0 spiro atoms. The van der Waals surface area contributed by atoms with Crippen molar-refractivity contribution in [1.82, 2.24) is 4.98 Å². The summed E-state index contributed by atoms with van der Waals surface area (Å²) in [6, 6.07) is 5.58. The molecular formula is C11H10N2O. The van der Waals surface area contributed by atoms with Crippen LogP contribution in [0.15, 0.2) is 18.3 Å². The molecule has 70 valence electrons. The lowest BCUT2D eigenvalue weighted by atomic mass is 9.99. The van der Waals surface area contributed by atoms with Gasteiger partial charge in [0.2, 0.25) is 0 Å². The van der Waals surface area contributed by atoms with E-state index in [1.165, 1.54) is 0 Å². The van der Waals surface area contributed by atoms with Gasteiger partial charge in [0.1, 0.15) is 17.5 Å². The van der Waals surface area contributed by atoms with Crippen molar-refractivity contribution >= 4 is 5.78 Å². The molecule has 3 nitrogen and oxygen atoms in total. The van der Waals surface area contributed by atoms with Crippen molar-refractivity contribution < 1.29 is 4.79 Å². The highest BCUT2D eigenvalue weighted by Crippen LogP contribution is 2.31. The SMILES string of the molecule is N#Cc1ccc(C2CCC(=O)C2)cn1. The minimum Gasteiger partial charge on any atom is -0.300 e. The molecule has 0 aliphatic heterocycles. The third-order valence-electron chi connectivity index (χ3n) is 2.62. The predicted octanol–water partition coefficient (Wildman–Crippen LogP) is 1.79. The van der Waals surface area contributed by atoms with E-state index in [1.54, 1.807) is 12.3 Å². The van der Waals surface area contributed by atoms with Gasteiger partial charge in [0.05, 0.1) is 0 Å². The first-order chi connectivity index (χ1) is 6.79. The molecule has 2 rings (SSSR count). The van der Waals surface area contributed by atoms with Crippen LogP contribution in [-0.2, 0) is 4.79 Å². The monoisotopic (exact) mass is 186 g/mol. The van der Waals surface area contributed by atoms with Crippen LogP contribution in [0, 0.1) is 11.3 Å². The summed E-state index contributed by atoms with van der Waals surface area (Å²) in [7, 11) is 0. The van der Waals surface area contributed by atoms with E-state index in [4.69, 9.17) is 5.26 Å². The molecular weight excluding hydrogens is 176 g/mol. The second-order valence-electron chi connectivity index (χ2n) is 3.57. The van der Waals surface area contributed by atoms with Gasteiger partial charge >= 0.3 is 0 Å². The van der Waals surface area contributed by atoms with Gasteiger partial charge in [0, 0.05) is 19.0 Å². The fourth-order valence-corrected chi connectivity index (χ4v) is 1.81. The van der Waals surface area contributed by atoms with Crippen molar-refractivity contribution in [2.24, 2.45) is 0 Å². The minimum absolute atomic E-state index is 0.322. The van der Waals surface area contributed by atoms with Crippen LogP contribution in [0.4, 0.5) is 0 Å². The average molecular weight is 186 g/mol. The van der Waals surface area contributed by atoms with Crippen molar-refractivity contribution in [3.8, 4) is 6.07 Å². The number of Topliss-reactive ketones (excluding diaryl/α,β-unsaturated/α-hetero) is 1. The second kappa shape index (κ2) is 3.59. The summed E-state index contributed by atoms with van der Waals surface area (Å²) in [5, 5.41) is 8.57. The maximum Gasteiger partial charge on any atom is 0.140 e. The van der Waals surface area contributed by atoms with E-state index in [2.05, 4.69) is 4.98 Å². The first-order valence-corrected chi connectivity index (χ1v) is 4.67. The number of hydrogen-bond donors (Lipinski definition) is 0. The van der Waals surface area contributed by atoms with Crippen LogP contribution in [0.1, 0.15) is 36.4 Å². The Morgan fingerprint density at radius 1 is 1.50 bits per heavy atom. The van der Waals surface area contributed by atoms with Gasteiger partial charge in [-0.25, -0.2) is 4.98 Å². The standard InChI is InChI=1S/C11H10N2O/c12-6-10-3-1-9(7-13-10)8-2-4-11(14)5-8/h1,3,7-8H,2,4-5H2. The Kier molecular flexibility index (Phi) is 2.28. The van der Waals surface area contributed by atoms with E-state index < -0.39 is 0 Å². The Morgan fingerprint density at radius 2 is 2.36 bits per heavy atom. The Bertz CT molecular complexity index is 389. The topological polar surface area (TPSA) is 53.8 Å². The van der Waals surface area contributed by atoms with Gasteiger partial charge in [0.25, 0.3) is 0 Å². The van der Waals surface area contributed by atoms with E-state index >= 15 is 0 Å². The van der Waals surface area contributed by atoms with E-state index in [1.807, 2.05) is 12.1 Å². The Morgan fingerprint density at radius 3 is 2.86 bits per heavy atom. The summed E-state index contributed by atoms with van der Waals surface area (Å²) in [5.41, 5.74) is 1.51. The van der Waals surface area contributed by atoms with Crippen LogP contribution in [-0.4, -0.2) is 10.8 Å². The van der Waals surface area contributed by atoms with E-state index in [-0.39, 0.29) is 0 Å². The molecule has 1 aliphatic rings. The molecule has 1 fully saturated rings. The van der Waals surface area contributed by atoms with Crippen LogP contribution in [0.25, 0.3) is 0 Å². The van der Waals surface area contributed by atoms with Gasteiger partial charge in [-0.15, -0.1) is 0 Å². The normalized spacial score (nSPS) is 20.8. The molecule has 3 heteroatoms. The molecule has 0 radical (unpaired) electrons. The largest absolute Gasteiger partial charge is 0.300 e. The highest BCUT2D eigenvalue weighted by atomic mass is 16.1. The van der Waals surface area contributed by atoms with E-state index in [9.17, 15) is 4.79 Å². The van der Waals surface area contributed by atoms with Crippen LogP contribution >= 0.6 is 0 Å². The third-order valence-corrected chi connectivity index (χ3v) is 2.62. The van der Waals surface area contributed by atoms with E-state index in [0.717, 1.165) is 12.0 Å². The summed E-state index contributed by atoms with van der Waals surface area (Å²) < 4.78 is 0. The fourth-order valence-electron chi connectivity index (χ4n) is 1.81. The molecule has 1 unspecified atom stereocenters. The molecule has 1 aliphatic carbocycles. The number of aromatic nitrogens is 1. The van der Waals surface area contributed by atoms with Crippen molar-refractivity contribution in [3.63, 3.8) is 0 Å². The molecule has 1 heterocycles. The number of carbonyl (C=O) groups is 1. The smallest absolute Gasteiger partial charge is 0.140 e. The molecule has 0 aromatic carbocycles. The molecule has 0 amide bonds. The lowest BCUT2D eigenvalue weighted by Crippen LogP contribution is -1.95. The van der Waals surface area contributed by atoms with Crippen molar-refractivity contribution in [2.75, 3.05) is 0 Å². The van der Waals surface area contributed by atoms with E-state index in [0.29, 0.717) is 30.2 Å². The molecule has 1 aromatic rings. The zero-order valence-corrected chi connectivity index (χ0v) is 7.73. The summed E-state index contributed by atoms with van der Waals surface area (Å²) in [4.78, 5) is 15.1. The average Bonchev–Trinajstić information content (AvgIpc) is 2.65. The number of ketones is 1. The number of nitriles is 1. The quantitative estimate of drug-likeness (QED) is 0.671. The first-order valence-electron chi connectivity index (χ1n) is 4.67. The lowest BCUT2D eigenvalue weighted by molar-refractivity contribution is -0.117. The Hall–Kier alpha value is -1.69. The maximum atomic E-state index is 11.1. The number of pyridine rings is 1. The molecule has 0 bridgehead atoms. The maximum absolute atomic E-state index is 11.1. The molecule has 1 aromatic heterocycles. The molecule has 1 atom stereocenters. The zero-order valence-electron chi connectivity index (χ0n) is 7.73. The van der Waals surface area contributed by atoms with Crippen LogP contribution in [0.3, 0.4) is 0 Å². The van der Waals surface area contributed by atoms with Crippen molar-refractivity contribution in [2.45, 2.75) is 25.2 Å².